The van der Waals surface area contributed by atoms with Gasteiger partial charge in [-0.25, -0.2) is 4.98 Å². The molecule has 0 aliphatic carbocycles. The summed E-state index contributed by atoms with van der Waals surface area (Å²) in [5.74, 6) is -0.0306. The maximum Gasteiger partial charge on any atom is 0.220 e. The summed E-state index contributed by atoms with van der Waals surface area (Å²) in [6, 6.07) is 5.84. The third-order valence-corrected chi connectivity index (χ3v) is 4.85. The van der Waals surface area contributed by atoms with Gasteiger partial charge in [-0.3, -0.25) is 9.78 Å². The lowest BCUT2D eigenvalue weighted by atomic mass is 10.0. The van der Waals surface area contributed by atoms with E-state index in [2.05, 4.69) is 20.2 Å². The monoisotopic (exact) mass is 357 g/mol. The predicted octanol–water partition coefficient (Wildman–Crippen LogP) is 1.12. The molecule has 0 bridgehead atoms. The number of nitrogens with zero attached hydrogens (tertiary/aromatic N) is 3. The summed E-state index contributed by atoms with van der Waals surface area (Å²) < 4.78 is 0. The van der Waals surface area contributed by atoms with Gasteiger partial charge in [0.1, 0.15) is 11.1 Å². The highest BCUT2D eigenvalue weighted by Gasteiger charge is 2.37. The summed E-state index contributed by atoms with van der Waals surface area (Å²) in [5, 5.41) is 13.7. The molecule has 2 aromatic rings. The Hall–Kier alpha value is -2.25. The van der Waals surface area contributed by atoms with Crippen molar-refractivity contribution in [1.29, 1.82) is 0 Å². The first-order valence-electron chi connectivity index (χ1n) is 9.17. The number of aryl methyl sites for hydroxylation is 1. The summed E-state index contributed by atoms with van der Waals surface area (Å²) in [6.45, 7) is 4.00. The van der Waals surface area contributed by atoms with Crippen LogP contribution in [0.2, 0.25) is 0 Å². The number of rotatable bonds is 7. The van der Waals surface area contributed by atoms with E-state index in [0.717, 1.165) is 35.3 Å². The number of hydrogen-bond acceptors (Lipinski definition) is 6. The van der Waals surface area contributed by atoms with Crippen LogP contribution in [0.3, 0.4) is 0 Å². The Balaban J connectivity index is 1.65. The summed E-state index contributed by atoms with van der Waals surface area (Å²) in [5.41, 5.74) is 8.12. The van der Waals surface area contributed by atoms with Gasteiger partial charge in [-0.15, -0.1) is 0 Å². The molecule has 1 aliphatic heterocycles. The molecule has 0 spiro atoms. The molecule has 2 aromatic heterocycles. The molecule has 0 aromatic carbocycles. The van der Waals surface area contributed by atoms with Crippen LogP contribution in [0.4, 0.5) is 5.69 Å². The van der Waals surface area contributed by atoms with Crippen LogP contribution in [-0.4, -0.2) is 52.8 Å². The van der Waals surface area contributed by atoms with E-state index in [4.69, 9.17) is 5.73 Å². The molecule has 0 saturated carbocycles. The predicted molar refractivity (Wildman–Crippen MR) is 102 cm³/mol. The number of unbranched alkanes of at least 4 members (excludes halogenated alkanes) is 1. The molecule has 0 radical (unpaired) electrons. The molecule has 4 N–H and O–H groups in total. The molecule has 1 atom stereocenters. The summed E-state index contributed by atoms with van der Waals surface area (Å²) in [6.07, 6.45) is 4.44. The number of aromatic nitrogens is 2. The number of fused-ring (bicyclic) bond motifs is 1. The van der Waals surface area contributed by atoms with Gasteiger partial charge in [0.05, 0.1) is 11.2 Å². The Morgan fingerprint density at radius 2 is 2.23 bits per heavy atom. The molecule has 140 valence electrons. The second-order valence-electron chi connectivity index (χ2n) is 7.07. The maximum absolute atomic E-state index is 11.9. The van der Waals surface area contributed by atoms with Crippen LogP contribution >= 0.6 is 0 Å². The zero-order chi connectivity index (χ0) is 18.6. The Morgan fingerprint density at radius 1 is 1.38 bits per heavy atom. The van der Waals surface area contributed by atoms with Gasteiger partial charge in [-0.05, 0) is 50.9 Å². The molecular weight excluding hydrogens is 330 g/mol. The molecule has 7 heteroatoms. The zero-order valence-electron chi connectivity index (χ0n) is 15.2. The average Bonchev–Trinajstić information content (AvgIpc) is 3.02. The van der Waals surface area contributed by atoms with Crippen molar-refractivity contribution >= 4 is 22.6 Å². The van der Waals surface area contributed by atoms with Crippen molar-refractivity contribution in [3.05, 3.63) is 30.1 Å². The Labute approximate surface area is 153 Å². The first-order valence-corrected chi connectivity index (χ1v) is 9.17. The normalized spacial score (nSPS) is 19.9. The number of aliphatic hydroxyl groups is 1. The maximum atomic E-state index is 11.9. The van der Waals surface area contributed by atoms with Crippen molar-refractivity contribution in [3.63, 3.8) is 0 Å². The van der Waals surface area contributed by atoms with E-state index in [0.29, 0.717) is 32.5 Å². The second kappa shape index (κ2) is 7.97. The number of β-amino-alcohol motifs (C(OH)–C–C–N with tert-alkyl or cyclic N) is 1. The molecule has 3 heterocycles. The highest BCUT2D eigenvalue weighted by atomic mass is 16.3. The first-order chi connectivity index (χ1) is 12.5. The van der Waals surface area contributed by atoms with Gasteiger partial charge < -0.3 is 21.1 Å². The number of amides is 1. The van der Waals surface area contributed by atoms with Crippen molar-refractivity contribution < 1.29 is 9.90 Å². The molecule has 1 aliphatic rings. The number of pyridine rings is 2. The summed E-state index contributed by atoms with van der Waals surface area (Å²) in [7, 11) is 0. The number of carbonyl (C=O) groups is 1. The second-order valence-corrected chi connectivity index (χ2v) is 7.07. The van der Waals surface area contributed by atoms with Crippen LogP contribution in [0.5, 0.6) is 0 Å². The van der Waals surface area contributed by atoms with Crippen LogP contribution < -0.4 is 16.0 Å². The van der Waals surface area contributed by atoms with E-state index >= 15 is 0 Å². The number of nitrogens with one attached hydrogen (secondary N) is 1. The van der Waals surface area contributed by atoms with Gasteiger partial charge in [0, 0.05) is 37.9 Å². The van der Waals surface area contributed by atoms with Crippen molar-refractivity contribution in [3.8, 4) is 0 Å². The van der Waals surface area contributed by atoms with Gasteiger partial charge in [0.25, 0.3) is 0 Å². The van der Waals surface area contributed by atoms with Crippen LogP contribution in [0, 0.1) is 6.92 Å². The fourth-order valence-electron chi connectivity index (χ4n) is 3.35. The molecular formula is C19H27N5O2. The largest absolute Gasteiger partial charge is 0.386 e. The molecule has 1 saturated heterocycles. The Bertz CT molecular complexity index is 782. The lowest BCUT2D eigenvalue weighted by molar-refractivity contribution is -0.122. The van der Waals surface area contributed by atoms with Crippen LogP contribution in [0.15, 0.2) is 24.4 Å². The van der Waals surface area contributed by atoms with Crippen molar-refractivity contribution in [2.75, 3.05) is 31.1 Å². The van der Waals surface area contributed by atoms with E-state index in [-0.39, 0.29) is 12.5 Å². The van der Waals surface area contributed by atoms with Crippen LogP contribution in [0.25, 0.3) is 11.0 Å². The van der Waals surface area contributed by atoms with Gasteiger partial charge in [0.15, 0.2) is 0 Å². The zero-order valence-corrected chi connectivity index (χ0v) is 15.2. The molecule has 7 nitrogen and oxygen atoms in total. The molecule has 26 heavy (non-hydrogen) atoms. The van der Waals surface area contributed by atoms with Crippen LogP contribution in [0.1, 0.15) is 31.4 Å². The van der Waals surface area contributed by atoms with E-state index in [9.17, 15) is 9.90 Å². The SMILES string of the molecule is Cc1ccc2nccc(N3CC[C@@](O)(CNC(=O)CCCCN)C3)c2n1. The number of carbonyl (C=O) groups excluding carboxylic acids is 1. The third kappa shape index (κ3) is 4.28. The fourth-order valence-corrected chi connectivity index (χ4v) is 3.35. The van der Waals surface area contributed by atoms with E-state index in [1.807, 2.05) is 25.1 Å². The molecule has 3 rings (SSSR count). The van der Waals surface area contributed by atoms with Crippen LogP contribution in [-0.2, 0) is 4.79 Å². The number of anilines is 1. The van der Waals surface area contributed by atoms with Gasteiger partial charge in [-0.2, -0.15) is 0 Å². The van der Waals surface area contributed by atoms with Gasteiger partial charge in [0.2, 0.25) is 5.91 Å². The molecule has 0 unspecified atom stereocenters. The smallest absolute Gasteiger partial charge is 0.220 e. The fraction of sp³-hybridized carbons (Fsp3) is 0.526. The van der Waals surface area contributed by atoms with Crippen molar-refractivity contribution in [2.24, 2.45) is 5.73 Å². The highest BCUT2D eigenvalue weighted by molar-refractivity contribution is 5.88. The quantitative estimate of drug-likeness (QED) is 0.642. The Kier molecular flexibility index (Phi) is 5.68. The topological polar surface area (TPSA) is 104 Å². The number of nitrogens with two attached hydrogens (primary N) is 1. The van der Waals surface area contributed by atoms with E-state index in [1.54, 1.807) is 6.20 Å². The third-order valence-electron chi connectivity index (χ3n) is 4.85. The minimum absolute atomic E-state index is 0.0306. The van der Waals surface area contributed by atoms with Gasteiger partial charge >= 0.3 is 0 Å². The first kappa shape index (κ1) is 18.5. The lowest BCUT2D eigenvalue weighted by Gasteiger charge is -2.25. The Morgan fingerprint density at radius 3 is 3.04 bits per heavy atom. The average molecular weight is 357 g/mol. The van der Waals surface area contributed by atoms with Crippen molar-refractivity contribution in [1.82, 2.24) is 15.3 Å². The molecule has 1 fully saturated rings. The van der Waals surface area contributed by atoms with E-state index < -0.39 is 5.60 Å². The summed E-state index contributed by atoms with van der Waals surface area (Å²) in [4.78, 5) is 23.0. The van der Waals surface area contributed by atoms with E-state index in [1.165, 1.54) is 0 Å². The standard InChI is InChI=1S/C19H27N5O2/c1-14-5-6-15-18(23-14)16(7-10-21-15)24-11-8-19(26,13-24)12-22-17(25)4-2-3-9-20/h5-7,10,26H,2-4,8-9,11-13,20H2,1H3,(H,22,25)/t19-/m1/s1. The summed E-state index contributed by atoms with van der Waals surface area (Å²) >= 11 is 0. The molecule has 1 amide bonds. The number of hydrogen-bond donors (Lipinski definition) is 3. The minimum Gasteiger partial charge on any atom is -0.386 e. The van der Waals surface area contributed by atoms with Gasteiger partial charge in [-0.1, -0.05) is 0 Å². The highest BCUT2D eigenvalue weighted by Crippen LogP contribution is 2.30. The minimum atomic E-state index is -0.928. The lowest BCUT2D eigenvalue weighted by Crippen LogP contribution is -2.45. The van der Waals surface area contributed by atoms with Crippen molar-refractivity contribution in [2.45, 2.75) is 38.2 Å².